The van der Waals surface area contributed by atoms with Crippen LogP contribution in [0.1, 0.15) is 23.2 Å². The number of aromatic nitrogens is 1. The van der Waals surface area contributed by atoms with Gasteiger partial charge in [0.2, 0.25) is 5.91 Å². The number of carbonyl (C=O) groups is 1. The van der Waals surface area contributed by atoms with Gasteiger partial charge in [-0.15, -0.1) is 0 Å². The molecule has 0 spiro atoms. The van der Waals surface area contributed by atoms with Crippen LogP contribution in [-0.4, -0.2) is 50.3 Å². The molecule has 110 valence electrons. The van der Waals surface area contributed by atoms with Gasteiger partial charge in [-0.05, 0) is 31.5 Å². The number of nitrogens with two attached hydrogens (primary N) is 1. The van der Waals surface area contributed by atoms with Crippen LogP contribution >= 0.6 is 0 Å². The minimum atomic E-state index is -0.454. The predicted octanol–water partition coefficient (Wildman–Crippen LogP) is 0.385. The lowest BCUT2D eigenvalue weighted by Gasteiger charge is -2.26. The Morgan fingerprint density at radius 2 is 2.45 bits per heavy atom. The summed E-state index contributed by atoms with van der Waals surface area (Å²) in [5, 5.41) is 3.48. The van der Waals surface area contributed by atoms with Gasteiger partial charge in [-0.2, -0.15) is 0 Å². The van der Waals surface area contributed by atoms with Gasteiger partial charge in [0.1, 0.15) is 5.82 Å². The monoisotopic (exact) mass is 278 g/mol. The van der Waals surface area contributed by atoms with Crippen molar-refractivity contribution in [2.75, 3.05) is 38.3 Å². The number of ether oxygens (including phenoxy) is 1. The summed E-state index contributed by atoms with van der Waals surface area (Å²) in [5.74, 6) is 0.394. The van der Waals surface area contributed by atoms with Crippen molar-refractivity contribution in [3.05, 3.63) is 23.9 Å². The van der Waals surface area contributed by atoms with Crippen molar-refractivity contribution in [3.8, 4) is 0 Å². The first-order valence-corrected chi connectivity index (χ1v) is 6.94. The molecule has 1 aromatic heterocycles. The minimum Gasteiger partial charge on any atom is -0.383 e. The van der Waals surface area contributed by atoms with Gasteiger partial charge in [-0.1, -0.05) is 0 Å². The Hall–Kier alpha value is -1.66. The van der Waals surface area contributed by atoms with Crippen LogP contribution in [0.5, 0.6) is 0 Å². The Labute approximate surface area is 119 Å². The van der Waals surface area contributed by atoms with E-state index in [1.165, 1.54) is 19.0 Å². The van der Waals surface area contributed by atoms with Crippen molar-refractivity contribution in [2.45, 2.75) is 18.9 Å². The summed E-state index contributed by atoms with van der Waals surface area (Å²) in [6.45, 7) is 3.40. The largest absolute Gasteiger partial charge is 0.383 e. The second-order valence-electron chi connectivity index (χ2n) is 5.00. The van der Waals surface area contributed by atoms with E-state index in [1.54, 1.807) is 13.2 Å². The first-order valence-electron chi connectivity index (χ1n) is 6.94. The van der Waals surface area contributed by atoms with E-state index >= 15 is 0 Å². The zero-order chi connectivity index (χ0) is 14.4. The van der Waals surface area contributed by atoms with Crippen molar-refractivity contribution in [1.82, 2.24) is 10.3 Å². The van der Waals surface area contributed by atoms with Gasteiger partial charge >= 0.3 is 0 Å². The van der Waals surface area contributed by atoms with Gasteiger partial charge in [0.15, 0.2) is 0 Å². The molecule has 6 nitrogen and oxygen atoms in total. The van der Waals surface area contributed by atoms with Crippen LogP contribution in [0, 0.1) is 0 Å². The number of hydrogen-bond acceptors (Lipinski definition) is 5. The average molecular weight is 278 g/mol. The Balaban J connectivity index is 2.05. The maximum Gasteiger partial charge on any atom is 0.250 e. The molecule has 1 aromatic rings. The van der Waals surface area contributed by atoms with Gasteiger partial charge in [0, 0.05) is 32.4 Å². The number of primary amides is 1. The maximum absolute atomic E-state index is 11.1. The van der Waals surface area contributed by atoms with E-state index in [0.29, 0.717) is 18.2 Å². The first kappa shape index (κ1) is 14.7. The van der Waals surface area contributed by atoms with Crippen LogP contribution in [-0.2, 0) is 4.74 Å². The number of hydrogen-bond donors (Lipinski definition) is 2. The van der Waals surface area contributed by atoms with Crippen LogP contribution in [0.15, 0.2) is 18.3 Å². The summed E-state index contributed by atoms with van der Waals surface area (Å²) in [4.78, 5) is 17.6. The van der Waals surface area contributed by atoms with Crippen molar-refractivity contribution in [1.29, 1.82) is 0 Å². The number of carbonyl (C=O) groups excluding carboxylic acids is 1. The van der Waals surface area contributed by atoms with Gasteiger partial charge in [0.25, 0.3) is 0 Å². The van der Waals surface area contributed by atoms with E-state index < -0.39 is 5.91 Å². The highest BCUT2D eigenvalue weighted by Gasteiger charge is 2.18. The molecule has 1 fully saturated rings. The smallest absolute Gasteiger partial charge is 0.250 e. The molecule has 1 amide bonds. The molecule has 0 saturated carbocycles. The molecule has 2 heterocycles. The number of amides is 1. The lowest BCUT2D eigenvalue weighted by Crippen LogP contribution is -2.39. The second-order valence-corrected chi connectivity index (χ2v) is 5.00. The molecule has 1 aliphatic rings. The average Bonchev–Trinajstić information content (AvgIpc) is 2.96. The topological polar surface area (TPSA) is 80.5 Å². The molecule has 0 aliphatic carbocycles. The Morgan fingerprint density at radius 3 is 3.00 bits per heavy atom. The number of nitrogens with zero attached hydrogens (tertiary/aromatic N) is 2. The number of methoxy groups -OCH3 is 1. The predicted molar refractivity (Wildman–Crippen MR) is 77.9 cm³/mol. The maximum atomic E-state index is 11.1. The molecule has 0 radical (unpaired) electrons. The normalized spacial score (nSPS) is 18.1. The summed E-state index contributed by atoms with van der Waals surface area (Å²) in [6.07, 6.45) is 3.93. The zero-order valence-corrected chi connectivity index (χ0v) is 11.8. The SMILES string of the molecule is COCCN(CC1CCCN1)c1ccc(C(N)=O)cn1. The molecule has 1 unspecified atom stereocenters. The number of anilines is 1. The molecular formula is C14H22N4O2. The highest BCUT2D eigenvalue weighted by atomic mass is 16.5. The Kier molecular flexibility index (Phi) is 5.31. The molecule has 3 N–H and O–H groups in total. The molecule has 2 rings (SSSR count). The Morgan fingerprint density at radius 1 is 1.60 bits per heavy atom. The number of rotatable bonds is 7. The van der Waals surface area contributed by atoms with E-state index in [2.05, 4.69) is 15.2 Å². The van der Waals surface area contributed by atoms with Crippen LogP contribution in [0.4, 0.5) is 5.82 Å². The molecule has 1 atom stereocenters. The molecule has 20 heavy (non-hydrogen) atoms. The van der Waals surface area contributed by atoms with E-state index in [4.69, 9.17) is 10.5 Å². The van der Waals surface area contributed by atoms with Gasteiger partial charge in [-0.3, -0.25) is 4.79 Å². The standard InChI is InChI=1S/C14H22N4O2/c1-20-8-7-18(10-12-3-2-6-16-12)13-5-4-11(9-17-13)14(15)19/h4-5,9,12,16H,2-3,6-8,10H2,1H3,(H2,15,19). The fourth-order valence-corrected chi connectivity index (χ4v) is 2.40. The molecule has 1 aliphatic heterocycles. The van der Waals surface area contributed by atoms with E-state index in [1.807, 2.05) is 6.07 Å². The van der Waals surface area contributed by atoms with Crippen LogP contribution in [0.25, 0.3) is 0 Å². The fourth-order valence-electron chi connectivity index (χ4n) is 2.40. The third-order valence-corrected chi connectivity index (χ3v) is 3.52. The molecular weight excluding hydrogens is 256 g/mol. The van der Waals surface area contributed by atoms with E-state index in [9.17, 15) is 4.79 Å². The highest BCUT2D eigenvalue weighted by Crippen LogP contribution is 2.14. The summed E-state index contributed by atoms with van der Waals surface area (Å²) in [5.41, 5.74) is 5.66. The van der Waals surface area contributed by atoms with Crippen LogP contribution in [0.2, 0.25) is 0 Å². The molecule has 6 heteroatoms. The van der Waals surface area contributed by atoms with Crippen LogP contribution in [0.3, 0.4) is 0 Å². The summed E-state index contributed by atoms with van der Waals surface area (Å²) in [6, 6.07) is 4.04. The summed E-state index contributed by atoms with van der Waals surface area (Å²) < 4.78 is 5.16. The molecule has 0 aromatic carbocycles. The number of pyridine rings is 1. The zero-order valence-electron chi connectivity index (χ0n) is 11.8. The molecule has 0 bridgehead atoms. The van der Waals surface area contributed by atoms with Crippen LogP contribution < -0.4 is 16.0 Å². The lowest BCUT2D eigenvalue weighted by molar-refractivity contribution is 0.1000. The van der Waals surface area contributed by atoms with Crippen molar-refractivity contribution in [2.24, 2.45) is 5.73 Å². The fraction of sp³-hybridized carbons (Fsp3) is 0.571. The highest BCUT2D eigenvalue weighted by molar-refractivity contribution is 5.92. The minimum absolute atomic E-state index is 0.430. The summed E-state index contributed by atoms with van der Waals surface area (Å²) >= 11 is 0. The van der Waals surface area contributed by atoms with E-state index in [-0.39, 0.29) is 0 Å². The molecule has 1 saturated heterocycles. The van der Waals surface area contributed by atoms with Gasteiger partial charge < -0.3 is 20.7 Å². The summed E-state index contributed by atoms with van der Waals surface area (Å²) in [7, 11) is 1.69. The lowest BCUT2D eigenvalue weighted by atomic mass is 10.2. The quantitative estimate of drug-likeness (QED) is 0.754. The number of nitrogens with one attached hydrogen (secondary N) is 1. The third kappa shape index (κ3) is 3.91. The Bertz CT molecular complexity index is 429. The van der Waals surface area contributed by atoms with Crippen molar-refractivity contribution in [3.63, 3.8) is 0 Å². The van der Waals surface area contributed by atoms with Gasteiger partial charge in [0.05, 0.1) is 12.2 Å². The van der Waals surface area contributed by atoms with Crippen molar-refractivity contribution < 1.29 is 9.53 Å². The third-order valence-electron chi connectivity index (χ3n) is 3.52. The van der Waals surface area contributed by atoms with Crippen molar-refractivity contribution >= 4 is 11.7 Å². The second kappa shape index (κ2) is 7.21. The first-order chi connectivity index (χ1) is 9.70. The van der Waals surface area contributed by atoms with Gasteiger partial charge in [-0.25, -0.2) is 4.98 Å². The van der Waals surface area contributed by atoms with E-state index in [0.717, 1.165) is 25.5 Å².